The molecule has 2 rings (SSSR count). The molecule has 0 saturated carbocycles. The fourth-order valence-electron chi connectivity index (χ4n) is 3.78. The highest BCUT2D eigenvalue weighted by molar-refractivity contribution is 8.00. The number of carboxylic acids is 1. The molecule has 5 nitrogen and oxygen atoms in total. The van der Waals surface area contributed by atoms with Gasteiger partial charge in [-0.1, -0.05) is 56.9 Å². The van der Waals surface area contributed by atoms with E-state index >= 15 is 0 Å². The third kappa shape index (κ3) is 8.03. The minimum atomic E-state index is -0.796. The summed E-state index contributed by atoms with van der Waals surface area (Å²) in [6, 6.07) is 8.12. The average Bonchev–Trinajstić information content (AvgIpc) is 3.08. The number of carbonyl (C=O) groups is 1. The summed E-state index contributed by atoms with van der Waals surface area (Å²) in [6.45, 7) is 3.00. The van der Waals surface area contributed by atoms with Gasteiger partial charge in [0.15, 0.2) is 0 Å². The number of unbranched alkanes of at least 4 members (excludes halogenated alkanes) is 3. The summed E-state index contributed by atoms with van der Waals surface area (Å²) in [6.07, 6.45) is 10.2. The van der Waals surface area contributed by atoms with Gasteiger partial charge in [0, 0.05) is 18.0 Å². The van der Waals surface area contributed by atoms with E-state index in [0.717, 1.165) is 43.5 Å². The van der Waals surface area contributed by atoms with E-state index in [1.807, 2.05) is 36.4 Å². The zero-order valence-corrected chi connectivity index (χ0v) is 18.2. The van der Waals surface area contributed by atoms with Crippen molar-refractivity contribution in [3.8, 4) is 0 Å². The van der Waals surface area contributed by atoms with Crippen LogP contribution >= 0.6 is 11.8 Å². The fourth-order valence-corrected chi connectivity index (χ4v) is 4.34. The normalized spacial score (nSPS) is 20.4. The van der Waals surface area contributed by atoms with Gasteiger partial charge in [0.05, 0.1) is 24.0 Å². The first-order valence-corrected chi connectivity index (χ1v) is 11.9. The van der Waals surface area contributed by atoms with Gasteiger partial charge in [-0.3, -0.25) is 4.79 Å². The molecule has 1 fully saturated rings. The molecular weight excluding hydrogens is 386 g/mol. The van der Waals surface area contributed by atoms with Crippen LogP contribution in [0.1, 0.15) is 63.5 Å². The lowest BCUT2D eigenvalue weighted by Gasteiger charge is -2.28. The molecule has 1 heterocycles. The number of carboxylic acid groups (broad SMARTS) is 1. The number of benzene rings is 1. The van der Waals surface area contributed by atoms with Crippen LogP contribution in [0.25, 0.3) is 0 Å². The first-order valence-electron chi connectivity index (χ1n) is 10.7. The van der Waals surface area contributed by atoms with E-state index in [1.165, 1.54) is 31.0 Å². The van der Waals surface area contributed by atoms with Crippen LogP contribution in [0.4, 0.5) is 5.69 Å². The van der Waals surface area contributed by atoms with Gasteiger partial charge in [-0.05, 0) is 37.0 Å². The summed E-state index contributed by atoms with van der Waals surface area (Å²) < 4.78 is 0. The van der Waals surface area contributed by atoms with E-state index < -0.39 is 12.1 Å². The Bertz CT molecular complexity index is 634. The van der Waals surface area contributed by atoms with Crippen molar-refractivity contribution in [1.29, 1.82) is 0 Å². The standard InChI is InChI=1S/C23H35NO4S/c1-2-3-4-5-9-21(25)18-10-12-19(13-11-18)24-15-14-22(26)20(24)8-6-7-16-29-17-23(27)28/h6-7,10-13,20-22,25-26H,2-5,8-9,14-17H2,1H3,(H,27,28). The van der Waals surface area contributed by atoms with E-state index in [4.69, 9.17) is 5.11 Å². The molecule has 0 aromatic heterocycles. The Morgan fingerprint density at radius 3 is 2.69 bits per heavy atom. The molecule has 1 aromatic carbocycles. The molecule has 6 heteroatoms. The Hall–Kier alpha value is -1.50. The number of hydrogen-bond acceptors (Lipinski definition) is 5. The van der Waals surface area contributed by atoms with E-state index in [9.17, 15) is 15.0 Å². The summed E-state index contributed by atoms with van der Waals surface area (Å²) >= 11 is 1.37. The Balaban J connectivity index is 1.87. The lowest BCUT2D eigenvalue weighted by Crippen LogP contribution is -2.34. The van der Waals surface area contributed by atoms with Crippen molar-refractivity contribution in [1.82, 2.24) is 0 Å². The first kappa shape index (κ1) is 23.8. The molecule has 0 spiro atoms. The molecule has 1 aliphatic rings. The van der Waals surface area contributed by atoms with E-state index in [-0.39, 0.29) is 17.9 Å². The number of aliphatic hydroxyl groups is 2. The van der Waals surface area contributed by atoms with Gasteiger partial charge < -0.3 is 20.2 Å². The Morgan fingerprint density at radius 1 is 1.24 bits per heavy atom. The monoisotopic (exact) mass is 421 g/mol. The summed E-state index contributed by atoms with van der Waals surface area (Å²) in [5.41, 5.74) is 2.03. The minimum Gasteiger partial charge on any atom is -0.481 e. The van der Waals surface area contributed by atoms with Gasteiger partial charge in [0.1, 0.15) is 0 Å². The molecule has 0 aliphatic carbocycles. The van der Waals surface area contributed by atoms with Crippen molar-refractivity contribution in [2.45, 2.75) is 70.1 Å². The number of hydrogen-bond donors (Lipinski definition) is 3. The molecule has 162 valence electrons. The predicted molar refractivity (Wildman–Crippen MR) is 121 cm³/mol. The third-order valence-corrected chi connectivity index (χ3v) is 6.31. The van der Waals surface area contributed by atoms with Gasteiger partial charge in [-0.2, -0.15) is 0 Å². The van der Waals surface area contributed by atoms with Crippen LogP contribution in [0.5, 0.6) is 0 Å². The van der Waals surface area contributed by atoms with Crippen molar-refractivity contribution in [3.05, 3.63) is 42.0 Å². The van der Waals surface area contributed by atoms with Crippen LogP contribution in [0.3, 0.4) is 0 Å². The summed E-state index contributed by atoms with van der Waals surface area (Å²) in [4.78, 5) is 12.8. The molecule has 0 radical (unpaired) electrons. The minimum absolute atomic E-state index is 0.0283. The van der Waals surface area contributed by atoms with Crippen LogP contribution < -0.4 is 4.90 Å². The maximum atomic E-state index is 10.5. The van der Waals surface area contributed by atoms with Crippen molar-refractivity contribution in [2.24, 2.45) is 0 Å². The zero-order chi connectivity index (χ0) is 21.1. The molecular formula is C23H35NO4S. The summed E-state index contributed by atoms with van der Waals surface area (Å²) in [5, 5.41) is 29.4. The largest absolute Gasteiger partial charge is 0.481 e. The molecule has 1 aromatic rings. The highest BCUT2D eigenvalue weighted by Crippen LogP contribution is 2.30. The van der Waals surface area contributed by atoms with E-state index in [1.54, 1.807) is 0 Å². The summed E-state index contributed by atoms with van der Waals surface area (Å²) in [5.74, 6) is -0.0189. The molecule has 3 unspecified atom stereocenters. The van der Waals surface area contributed by atoms with Gasteiger partial charge in [0.25, 0.3) is 0 Å². The van der Waals surface area contributed by atoms with E-state index in [0.29, 0.717) is 5.75 Å². The second-order valence-electron chi connectivity index (χ2n) is 7.69. The average molecular weight is 422 g/mol. The number of rotatable bonds is 13. The van der Waals surface area contributed by atoms with Crippen molar-refractivity contribution >= 4 is 23.4 Å². The third-order valence-electron chi connectivity index (χ3n) is 5.43. The van der Waals surface area contributed by atoms with E-state index in [2.05, 4.69) is 11.8 Å². The number of anilines is 1. The lowest BCUT2D eigenvalue weighted by molar-refractivity contribution is -0.133. The Morgan fingerprint density at radius 2 is 2.00 bits per heavy atom. The topological polar surface area (TPSA) is 81.0 Å². The second-order valence-corrected chi connectivity index (χ2v) is 8.72. The zero-order valence-electron chi connectivity index (χ0n) is 17.4. The maximum absolute atomic E-state index is 10.5. The van der Waals surface area contributed by atoms with Crippen LogP contribution in [0.15, 0.2) is 36.4 Å². The molecule has 1 saturated heterocycles. The van der Waals surface area contributed by atoms with Crippen molar-refractivity contribution in [2.75, 3.05) is 23.0 Å². The lowest BCUT2D eigenvalue weighted by atomic mass is 10.0. The maximum Gasteiger partial charge on any atom is 0.313 e. The summed E-state index contributed by atoms with van der Waals surface area (Å²) in [7, 11) is 0. The molecule has 29 heavy (non-hydrogen) atoms. The van der Waals surface area contributed by atoms with Crippen LogP contribution in [-0.4, -0.2) is 51.5 Å². The quantitative estimate of drug-likeness (QED) is 0.324. The Kier molecular flexibility index (Phi) is 10.6. The highest BCUT2D eigenvalue weighted by Gasteiger charge is 2.31. The molecule has 3 atom stereocenters. The fraction of sp³-hybridized carbons (Fsp3) is 0.609. The van der Waals surface area contributed by atoms with Crippen molar-refractivity contribution in [3.63, 3.8) is 0 Å². The Labute approximate surface area is 178 Å². The number of aliphatic hydroxyl groups excluding tert-OH is 2. The van der Waals surface area contributed by atoms with Crippen LogP contribution in [-0.2, 0) is 4.79 Å². The predicted octanol–water partition coefficient (Wildman–Crippen LogP) is 4.39. The molecule has 3 N–H and O–H groups in total. The number of thioether (sulfide) groups is 1. The molecule has 1 aliphatic heterocycles. The number of aliphatic carboxylic acids is 1. The van der Waals surface area contributed by atoms with Crippen LogP contribution in [0.2, 0.25) is 0 Å². The smallest absolute Gasteiger partial charge is 0.313 e. The number of nitrogens with zero attached hydrogens (tertiary/aromatic N) is 1. The van der Waals surface area contributed by atoms with Gasteiger partial charge in [0.2, 0.25) is 0 Å². The van der Waals surface area contributed by atoms with Gasteiger partial charge in [-0.25, -0.2) is 0 Å². The highest BCUT2D eigenvalue weighted by atomic mass is 32.2. The molecule has 0 amide bonds. The van der Waals surface area contributed by atoms with Gasteiger partial charge >= 0.3 is 5.97 Å². The SMILES string of the molecule is CCCCCCC(O)c1ccc(N2CCC(O)C2CC=CCSCC(=O)O)cc1. The van der Waals surface area contributed by atoms with Crippen molar-refractivity contribution < 1.29 is 20.1 Å². The second kappa shape index (κ2) is 12.9. The van der Waals surface area contributed by atoms with Gasteiger partial charge in [-0.15, -0.1) is 11.8 Å². The first-order chi connectivity index (χ1) is 14.0. The van der Waals surface area contributed by atoms with Crippen LogP contribution in [0, 0.1) is 0 Å². The molecule has 0 bridgehead atoms.